The van der Waals surface area contributed by atoms with E-state index < -0.39 is 11.5 Å². The highest BCUT2D eigenvalue weighted by Gasteiger charge is 2.12. The Kier molecular flexibility index (Phi) is 7.18. The third kappa shape index (κ3) is 4.66. The number of pyridine rings is 2. The number of hydrogen-bond donors (Lipinski definition) is 1. The molecule has 0 radical (unpaired) electrons. The van der Waals surface area contributed by atoms with Crippen LogP contribution in [0.5, 0.6) is 0 Å². The average Bonchev–Trinajstić information content (AvgIpc) is 3.06. The summed E-state index contributed by atoms with van der Waals surface area (Å²) in [6.45, 7) is -0.0787. The fourth-order valence-corrected chi connectivity index (χ4v) is 2.56. The molecule has 3 heterocycles. The first kappa shape index (κ1) is 22.2. The van der Waals surface area contributed by atoms with Crippen LogP contribution in [0.1, 0.15) is 0 Å². The van der Waals surface area contributed by atoms with Crippen LogP contribution in [-0.4, -0.2) is 45.0 Å². The van der Waals surface area contributed by atoms with E-state index in [2.05, 4.69) is 15.1 Å². The van der Waals surface area contributed by atoms with Gasteiger partial charge in [0.05, 0.1) is 18.6 Å². The maximum Gasteiger partial charge on any atom is 0.351 e. The number of nitrogens with two attached hydrogens (primary N) is 1. The predicted octanol–water partition coefficient (Wildman–Crippen LogP) is 1.93. The van der Waals surface area contributed by atoms with E-state index in [9.17, 15) is 13.6 Å². The molecule has 0 saturated carbocycles. The maximum absolute atomic E-state index is 14.2. The van der Waals surface area contributed by atoms with Gasteiger partial charge in [0.2, 0.25) is 0 Å². The van der Waals surface area contributed by atoms with E-state index in [1.165, 1.54) is 23.2 Å². The summed E-state index contributed by atoms with van der Waals surface area (Å²) in [6.07, 6.45) is 3.16. The van der Waals surface area contributed by atoms with Crippen molar-refractivity contribution < 1.29 is 8.78 Å². The lowest BCUT2D eigenvalue weighted by molar-refractivity contribution is 0.612. The van der Waals surface area contributed by atoms with Gasteiger partial charge < -0.3 is 10.6 Å². The summed E-state index contributed by atoms with van der Waals surface area (Å²) in [7, 11) is 3.39. The Morgan fingerprint density at radius 3 is 2.72 bits per heavy atom. The third-order valence-electron chi connectivity index (χ3n) is 4.03. The second-order valence-corrected chi connectivity index (χ2v) is 6.22. The zero-order valence-corrected chi connectivity index (χ0v) is 16.6. The number of nitrogens with zero attached hydrogens (tertiary/aromatic N) is 6. The zero-order chi connectivity index (χ0) is 20.3. The third-order valence-corrected chi connectivity index (χ3v) is 4.03. The van der Waals surface area contributed by atoms with E-state index in [0.29, 0.717) is 23.4 Å². The summed E-state index contributed by atoms with van der Waals surface area (Å²) in [5.74, 6) is 0.0328. The molecule has 29 heavy (non-hydrogen) atoms. The van der Waals surface area contributed by atoms with Gasteiger partial charge in [-0.3, -0.25) is 0 Å². The Morgan fingerprint density at radius 1 is 1.34 bits per heavy atom. The molecule has 2 N–H and O–H groups in total. The topological polar surface area (TPSA) is 94.9 Å². The normalized spacial score (nSPS) is 11.3. The first-order valence-corrected chi connectivity index (χ1v) is 8.38. The molecule has 0 amide bonds. The Balaban J connectivity index is 0.00000300. The lowest BCUT2D eigenvalue weighted by atomic mass is 10.2. The van der Waals surface area contributed by atoms with Crippen LogP contribution in [0.25, 0.3) is 17.1 Å². The standard InChI is InChI=1S/C18H19F2N7O.ClH/c1-25(2)17-14(20)6-13(9-22-17)15-4-3-5-16(24-15)26-11-23-27(18(26)28)10-12(7-19)8-21;/h3-7,9,11H,8,10,21H2,1-2H3;1H/b12-7+;. The van der Waals surface area contributed by atoms with Crippen molar-refractivity contribution in [3.8, 4) is 17.1 Å². The van der Waals surface area contributed by atoms with Gasteiger partial charge in [-0.05, 0) is 23.8 Å². The molecule has 0 bridgehead atoms. The Hall–Kier alpha value is -3.11. The van der Waals surface area contributed by atoms with Crippen LogP contribution in [0.15, 0.2) is 53.5 Å². The summed E-state index contributed by atoms with van der Waals surface area (Å²) in [5.41, 5.74) is 6.07. The van der Waals surface area contributed by atoms with E-state index in [-0.39, 0.29) is 36.9 Å². The summed E-state index contributed by atoms with van der Waals surface area (Å²) >= 11 is 0. The molecule has 0 spiro atoms. The second-order valence-electron chi connectivity index (χ2n) is 6.22. The second kappa shape index (κ2) is 9.39. The first-order chi connectivity index (χ1) is 13.4. The molecule has 0 aromatic carbocycles. The van der Waals surface area contributed by atoms with Crippen LogP contribution in [0.3, 0.4) is 0 Å². The van der Waals surface area contributed by atoms with E-state index in [0.717, 1.165) is 4.68 Å². The zero-order valence-electron chi connectivity index (χ0n) is 15.8. The van der Waals surface area contributed by atoms with E-state index in [1.807, 2.05) is 0 Å². The van der Waals surface area contributed by atoms with Gasteiger partial charge in [0.15, 0.2) is 11.6 Å². The molecule has 0 atom stereocenters. The van der Waals surface area contributed by atoms with Crippen LogP contribution < -0.4 is 16.3 Å². The fourth-order valence-electron chi connectivity index (χ4n) is 2.56. The molecule has 0 aliphatic rings. The van der Waals surface area contributed by atoms with Gasteiger partial charge in [0, 0.05) is 32.4 Å². The molecule has 0 saturated heterocycles. The van der Waals surface area contributed by atoms with Gasteiger partial charge in [0.25, 0.3) is 0 Å². The van der Waals surface area contributed by atoms with Crippen LogP contribution in [0.2, 0.25) is 0 Å². The van der Waals surface area contributed by atoms with E-state index in [1.54, 1.807) is 37.2 Å². The van der Waals surface area contributed by atoms with Gasteiger partial charge in [-0.25, -0.2) is 32.8 Å². The Labute approximate surface area is 171 Å². The highest BCUT2D eigenvalue weighted by Crippen LogP contribution is 2.22. The van der Waals surface area contributed by atoms with Crippen molar-refractivity contribution >= 4 is 18.2 Å². The van der Waals surface area contributed by atoms with Crippen LogP contribution in [-0.2, 0) is 6.54 Å². The summed E-state index contributed by atoms with van der Waals surface area (Å²) in [6, 6.07) is 6.32. The van der Waals surface area contributed by atoms with Crippen molar-refractivity contribution in [1.82, 2.24) is 24.3 Å². The average molecular weight is 424 g/mol. The van der Waals surface area contributed by atoms with Crippen molar-refractivity contribution in [2.75, 3.05) is 25.5 Å². The maximum atomic E-state index is 14.2. The SMILES string of the molecule is CN(C)c1ncc(-c2cccc(-n3cnn(C/C(=C/F)CN)c3=O)n2)cc1F.Cl. The Bertz CT molecular complexity index is 1080. The number of aromatic nitrogens is 5. The quantitative estimate of drug-likeness (QED) is 0.651. The molecule has 154 valence electrons. The van der Waals surface area contributed by atoms with Crippen molar-refractivity contribution in [2.24, 2.45) is 5.73 Å². The van der Waals surface area contributed by atoms with Crippen LogP contribution in [0, 0.1) is 5.82 Å². The van der Waals surface area contributed by atoms with Gasteiger partial charge in [-0.1, -0.05) is 6.07 Å². The molecular weight excluding hydrogens is 404 g/mol. The minimum Gasteiger partial charge on any atom is -0.360 e. The van der Waals surface area contributed by atoms with Gasteiger partial charge in [-0.2, -0.15) is 5.10 Å². The molecular formula is C18H20ClF2N7O. The van der Waals surface area contributed by atoms with E-state index in [4.69, 9.17) is 5.73 Å². The van der Waals surface area contributed by atoms with Crippen molar-refractivity contribution in [1.29, 1.82) is 0 Å². The molecule has 3 aromatic heterocycles. The molecule has 11 heteroatoms. The van der Waals surface area contributed by atoms with Crippen molar-refractivity contribution in [3.05, 3.63) is 65.0 Å². The minimum absolute atomic E-state index is 0. The highest BCUT2D eigenvalue weighted by molar-refractivity contribution is 5.85. The highest BCUT2D eigenvalue weighted by atomic mass is 35.5. The lowest BCUT2D eigenvalue weighted by Gasteiger charge is -2.12. The summed E-state index contributed by atoms with van der Waals surface area (Å²) in [5, 5.41) is 3.96. The molecule has 3 aromatic rings. The predicted molar refractivity (Wildman–Crippen MR) is 109 cm³/mol. The first-order valence-electron chi connectivity index (χ1n) is 8.38. The molecule has 0 aliphatic heterocycles. The Morgan fingerprint density at radius 2 is 2.10 bits per heavy atom. The molecule has 3 rings (SSSR count). The number of halogens is 3. The lowest BCUT2D eigenvalue weighted by Crippen LogP contribution is -2.26. The number of rotatable bonds is 6. The van der Waals surface area contributed by atoms with Crippen molar-refractivity contribution in [3.63, 3.8) is 0 Å². The number of anilines is 1. The monoisotopic (exact) mass is 423 g/mol. The van der Waals surface area contributed by atoms with Crippen molar-refractivity contribution in [2.45, 2.75) is 6.54 Å². The summed E-state index contributed by atoms with van der Waals surface area (Å²) in [4.78, 5) is 22.6. The largest absolute Gasteiger partial charge is 0.360 e. The van der Waals surface area contributed by atoms with E-state index >= 15 is 0 Å². The minimum atomic E-state index is -0.496. The summed E-state index contributed by atoms with van der Waals surface area (Å²) < 4.78 is 29.2. The molecule has 0 aliphatic carbocycles. The molecule has 0 fully saturated rings. The fraction of sp³-hybridized carbons (Fsp3) is 0.222. The molecule has 8 nitrogen and oxygen atoms in total. The molecule has 0 unspecified atom stereocenters. The van der Waals surface area contributed by atoms with Gasteiger partial charge in [-0.15, -0.1) is 12.4 Å². The number of hydrogen-bond acceptors (Lipinski definition) is 6. The van der Waals surface area contributed by atoms with Gasteiger partial charge >= 0.3 is 5.69 Å². The van der Waals surface area contributed by atoms with Crippen LogP contribution in [0.4, 0.5) is 14.6 Å². The van der Waals surface area contributed by atoms with Gasteiger partial charge in [0.1, 0.15) is 12.1 Å². The van der Waals surface area contributed by atoms with Crippen LogP contribution >= 0.6 is 12.4 Å². The smallest absolute Gasteiger partial charge is 0.351 e.